The Hall–Kier alpha value is -3.68. The summed E-state index contributed by atoms with van der Waals surface area (Å²) in [6, 6.07) is 16.2. The maximum Gasteiger partial charge on any atom is 0.344 e. The van der Waals surface area contributed by atoms with E-state index in [0.29, 0.717) is 17.9 Å². The SMILES string of the molecule is Cc1ccccc1CC(=O)OCC(=O)NN1C(=O)N[C@@](C)(CCc2ccccc2)C1=O. The maximum atomic E-state index is 12.7. The predicted molar refractivity (Wildman–Crippen MR) is 113 cm³/mol. The number of nitrogens with one attached hydrogen (secondary N) is 2. The van der Waals surface area contributed by atoms with Crippen LogP contribution in [-0.2, 0) is 32.0 Å². The van der Waals surface area contributed by atoms with Crippen LogP contribution >= 0.6 is 0 Å². The first-order valence-electron chi connectivity index (χ1n) is 9.99. The van der Waals surface area contributed by atoms with Gasteiger partial charge in [-0.05, 0) is 43.4 Å². The van der Waals surface area contributed by atoms with Crippen LogP contribution < -0.4 is 10.7 Å². The van der Waals surface area contributed by atoms with Crippen molar-refractivity contribution in [2.24, 2.45) is 0 Å². The molecule has 0 aliphatic carbocycles. The van der Waals surface area contributed by atoms with Crippen molar-refractivity contribution < 1.29 is 23.9 Å². The summed E-state index contributed by atoms with van der Waals surface area (Å²) >= 11 is 0. The molecular weight excluding hydrogens is 398 g/mol. The van der Waals surface area contributed by atoms with Crippen molar-refractivity contribution >= 4 is 23.8 Å². The molecule has 1 atom stereocenters. The number of amides is 4. The zero-order chi connectivity index (χ0) is 22.4. The molecule has 162 valence electrons. The van der Waals surface area contributed by atoms with Gasteiger partial charge in [-0.1, -0.05) is 54.6 Å². The second kappa shape index (κ2) is 9.42. The van der Waals surface area contributed by atoms with E-state index >= 15 is 0 Å². The van der Waals surface area contributed by atoms with Crippen LogP contribution in [0, 0.1) is 6.92 Å². The fraction of sp³-hybridized carbons (Fsp3) is 0.304. The van der Waals surface area contributed by atoms with Gasteiger partial charge in [0.05, 0.1) is 6.42 Å². The minimum Gasteiger partial charge on any atom is -0.455 e. The molecule has 0 unspecified atom stereocenters. The Morgan fingerprint density at radius 3 is 2.45 bits per heavy atom. The first-order chi connectivity index (χ1) is 14.8. The van der Waals surface area contributed by atoms with Crippen molar-refractivity contribution in [3.63, 3.8) is 0 Å². The molecule has 0 radical (unpaired) electrons. The summed E-state index contributed by atoms with van der Waals surface area (Å²) in [4.78, 5) is 49.1. The molecule has 1 fully saturated rings. The first kappa shape index (κ1) is 22.0. The van der Waals surface area contributed by atoms with E-state index in [1.165, 1.54) is 0 Å². The van der Waals surface area contributed by atoms with E-state index in [-0.39, 0.29) is 6.42 Å². The monoisotopic (exact) mass is 423 g/mol. The normalized spacial score (nSPS) is 17.9. The molecule has 0 saturated carbocycles. The quantitative estimate of drug-likeness (QED) is 0.500. The van der Waals surface area contributed by atoms with Crippen molar-refractivity contribution in [3.8, 4) is 0 Å². The molecule has 1 heterocycles. The smallest absolute Gasteiger partial charge is 0.344 e. The van der Waals surface area contributed by atoms with Gasteiger partial charge < -0.3 is 10.1 Å². The fourth-order valence-electron chi connectivity index (χ4n) is 3.31. The molecule has 1 aliphatic rings. The maximum absolute atomic E-state index is 12.7. The van der Waals surface area contributed by atoms with Gasteiger partial charge in [0.25, 0.3) is 11.8 Å². The lowest BCUT2D eigenvalue weighted by Gasteiger charge is -2.21. The second-order valence-electron chi connectivity index (χ2n) is 7.69. The summed E-state index contributed by atoms with van der Waals surface area (Å²) in [5.41, 5.74) is 3.86. The van der Waals surface area contributed by atoms with Gasteiger partial charge in [-0.15, -0.1) is 0 Å². The van der Waals surface area contributed by atoms with Crippen molar-refractivity contribution in [1.82, 2.24) is 15.8 Å². The second-order valence-corrected chi connectivity index (χ2v) is 7.69. The number of hydrazine groups is 1. The lowest BCUT2D eigenvalue weighted by Crippen LogP contribution is -2.50. The number of esters is 1. The summed E-state index contributed by atoms with van der Waals surface area (Å²) in [5, 5.41) is 3.27. The number of hydrogen-bond acceptors (Lipinski definition) is 5. The molecule has 8 nitrogen and oxygen atoms in total. The summed E-state index contributed by atoms with van der Waals surface area (Å²) in [7, 11) is 0. The van der Waals surface area contributed by atoms with Gasteiger partial charge in [-0.3, -0.25) is 19.8 Å². The molecular formula is C23H25N3O5. The standard InChI is InChI=1S/C23H25N3O5/c1-16-8-6-7-11-18(16)14-20(28)31-15-19(27)25-26-21(29)23(2,24-22(26)30)13-12-17-9-4-3-5-10-17/h3-11H,12-15H2,1-2H3,(H,24,30)(H,25,27)/t23-/m0/s1. The summed E-state index contributed by atoms with van der Waals surface area (Å²) < 4.78 is 4.98. The molecule has 0 spiro atoms. The molecule has 0 bridgehead atoms. The van der Waals surface area contributed by atoms with Crippen LogP contribution in [-0.4, -0.2) is 41.0 Å². The van der Waals surface area contributed by atoms with Crippen molar-refractivity contribution in [3.05, 3.63) is 71.3 Å². The van der Waals surface area contributed by atoms with E-state index in [0.717, 1.165) is 16.7 Å². The number of hydrogen-bond donors (Lipinski definition) is 2. The summed E-state index contributed by atoms with van der Waals surface area (Å²) in [6.07, 6.45) is 0.988. The zero-order valence-corrected chi connectivity index (χ0v) is 17.5. The van der Waals surface area contributed by atoms with Gasteiger partial charge in [0.15, 0.2) is 6.61 Å². The molecule has 4 amide bonds. The van der Waals surface area contributed by atoms with Crippen LogP contribution in [0.2, 0.25) is 0 Å². The summed E-state index contributed by atoms with van der Waals surface area (Å²) in [6.45, 7) is 2.90. The van der Waals surface area contributed by atoms with E-state index in [4.69, 9.17) is 4.74 Å². The van der Waals surface area contributed by atoms with Crippen molar-refractivity contribution in [1.29, 1.82) is 0 Å². The molecule has 8 heteroatoms. The minimum atomic E-state index is -1.14. The lowest BCUT2D eigenvalue weighted by atomic mass is 9.93. The Balaban J connectivity index is 1.50. The predicted octanol–water partition coefficient (Wildman–Crippen LogP) is 2.06. The van der Waals surface area contributed by atoms with Crippen LogP contribution in [0.3, 0.4) is 0 Å². The number of carbonyl (C=O) groups is 4. The van der Waals surface area contributed by atoms with E-state index in [2.05, 4.69) is 10.7 Å². The number of urea groups is 1. The minimum absolute atomic E-state index is 0.0284. The van der Waals surface area contributed by atoms with E-state index < -0.39 is 36.0 Å². The highest BCUT2D eigenvalue weighted by molar-refractivity contribution is 6.07. The van der Waals surface area contributed by atoms with Crippen LogP contribution in [0.25, 0.3) is 0 Å². The average molecular weight is 423 g/mol. The Morgan fingerprint density at radius 1 is 1.06 bits per heavy atom. The number of rotatable bonds is 8. The Labute approximate surface area is 180 Å². The van der Waals surface area contributed by atoms with Gasteiger partial charge in [0.2, 0.25) is 0 Å². The van der Waals surface area contributed by atoms with Crippen molar-refractivity contribution in [2.45, 2.75) is 38.6 Å². The Kier molecular flexibility index (Phi) is 6.69. The Bertz CT molecular complexity index is 992. The van der Waals surface area contributed by atoms with Gasteiger partial charge in [-0.25, -0.2) is 4.79 Å². The Morgan fingerprint density at radius 2 is 1.74 bits per heavy atom. The molecule has 2 aromatic rings. The van der Waals surface area contributed by atoms with Gasteiger partial charge in [0, 0.05) is 0 Å². The highest BCUT2D eigenvalue weighted by Crippen LogP contribution is 2.22. The van der Waals surface area contributed by atoms with E-state index in [9.17, 15) is 19.2 Å². The number of benzene rings is 2. The van der Waals surface area contributed by atoms with Crippen LogP contribution in [0.4, 0.5) is 4.79 Å². The third kappa shape index (κ3) is 5.48. The van der Waals surface area contributed by atoms with E-state index in [1.807, 2.05) is 55.5 Å². The highest BCUT2D eigenvalue weighted by Gasteiger charge is 2.48. The number of imide groups is 1. The average Bonchev–Trinajstić information content (AvgIpc) is 2.96. The van der Waals surface area contributed by atoms with Crippen LogP contribution in [0.5, 0.6) is 0 Å². The molecule has 1 aliphatic heterocycles. The molecule has 31 heavy (non-hydrogen) atoms. The third-order valence-corrected chi connectivity index (χ3v) is 5.21. The van der Waals surface area contributed by atoms with Crippen LogP contribution in [0.1, 0.15) is 30.0 Å². The number of carbonyl (C=O) groups excluding carboxylic acids is 4. The first-order valence-corrected chi connectivity index (χ1v) is 9.99. The molecule has 0 aromatic heterocycles. The third-order valence-electron chi connectivity index (χ3n) is 5.21. The lowest BCUT2D eigenvalue weighted by molar-refractivity contribution is -0.150. The van der Waals surface area contributed by atoms with Crippen LogP contribution in [0.15, 0.2) is 54.6 Å². The van der Waals surface area contributed by atoms with Gasteiger partial charge in [0.1, 0.15) is 5.54 Å². The molecule has 3 rings (SSSR count). The van der Waals surface area contributed by atoms with Gasteiger partial charge >= 0.3 is 12.0 Å². The number of nitrogens with zero attached hydrogens (tertiary/aromatic N) is 1. The largest absolute Gasteiger partial charge is 0.455 e. The van der Waals surface area contributed by atoms with Gasteiger partial charge in [-0.2, -0.15) is 5.01 Å². The van der Waals surface area contributed by atoms with Crippen molar-refractivity contribution in [2.75, 3.05) is 6.61 Å². The zero-order valence-electron chi connectivity index (χ0n) is 17.5. The topological polar surface area (TPSA) is 105 Å². The fourth-order valence-corrected chi connectivity index (χ4v) is 3.31. The molecule has 2 N–H and O–H groups in total. The van der Waals surface area contributed by atoms with E-state index in [1.54, 1.807) is 13.0 Å². The number of aryl methyl sites for hydroxylation is 2. The number of ether oxygens (including phenoxy) is 1. The molecule has 2 aromatic carbocycles. The highest BCUT2D eigenvalue weighted by atomic mass is 16.5. The molecule has 1 saturated heterocycles. The summed E-state index contributed by atoms with van der Waals surface area (Å²) in [5.74, 6) is -1.91.